The van der Waals surface area contributed by atoms with E-state index < -0.39 is 22.3 Å². The van der Waals surface area contributed by atoms with E-state index in [0.717, 1.165) is 6.07 Å². The fraction of sp³-hybridized carbons (Fsp3) is 0. The van der Waals surface area contributed by atoms with E-state index in [9.17, 15) is 20.0 Å². The van der Waals surface area contributed by atoms with Crippen LogP contribution in [0.15, 0.2) is 61.1 Å². The van der Waals surface area contributed by atoms with Gasteiger partial charge < -0.3 is 15.2 Å². The molecule has 2 N–H and O–H groups in total. The van der Waals surface area contributed by atoms with Crippen LogP contribution in [0.4, 0.5) is 11.4 Å². The monoisotopic (exact) mass is 352 g/mol. The number of aromatic nitrogens is 2. The molecule has 9 heteroatoms. The predicted molar refractivity (Wildman–Crippen MR) is 91.3 cm³/mol. The van der Waals surface area contributed by atoms with E-state index in [1.165, 1.54) is 30.7 Å². The fourth-order valence-electron chi connectivity index (χ4n) is 2.16. The van der Waals surface area contributed by atoms with Gasteiger partial charge in [0.15, 0.2) is 0 Å². The van der Waals surface area contributed by atoms with Crippen molar-refractivity contribution in [1.29, 1.82) is 0 Å². The summed E-state index contributed by atoms with van der Waals surface area (Å²) < 4.78 is 5.52. The molecule has 0 aliphatic rings. The van der Waals surface area contributed by atoms with Crippen LogP contribution in [0.2, 0.25) is 0 Å². The summed E-state index contributed by atoms with van der Waals surface area (Å²) in [6, 6.07) is 10.2. The molecule has 1 amide bonds. The van der Waals surface area contributed by atoms with Gasteiger partial charge in [-0.05, 0) is 18.2 Å². The Morgan fingerprint density at radius 1 is 1.19 bits per heavy atom. The molecule has 0 unspecified atom stereocenters. The highest BCUT2D eigenvalue weighted by Crippen LogP contribution is 2.30. The van der Waals surface area contributed by atoms with E-state index in [1.807, 2.05) is 0 Å². The summed E-state index contributed by atoms with van der Waals surface area (Å²) in [6.45, 7) is 0. The van der Waals surface area contributed by atoms with Gasteiger partial charge in [-0.2, -0.15) is 0 Å². The van der Waals surface area contributed by atoms with E-state index in [1.54, 1.807) is 24.3 Å². The number of nitrogens with zero attached hydrogens (tertiary/aromatic N) is 3. The van der Waals surface area contributed by atoms with Crippen molar-refractivity contribution in [3.8, 4) is 17.4 Å². The van der Waals surface area contributed by atoms with Gasteiger partial charge in [0.2, 0.25) is 11.6 Å². The second-order valence-electron chi connectivity index (χ2n) is 5.06. The van der Waals surface area contributed by atoms with E-state index >= 15 is 0 Å². The molecule has 0 radical (unpaired) electrons. The normalized spacial score (nSPS) is 10.2. The van der Waals surface area contributed by atoms with Gasteiger partial charge in [-0.15, -0.1) is 0 Å². The Balaban J connectivity index is 1.79. The second kappa shape index (κ2) is 7.26. The standard InChI is InChI=1S/C17H12N4O5/c22-16-13(5-2-6-14(16)21(24)25)17(23)20-11-3-1-4-12(9-11)26-15-10-18-7-8-19-15/h1-10,22H,(H,20,23). The maximum atomic E-state index is 12.3. The average molecular weight is 352 g/mol. The van der Waals surface area contributed by atoms with E-state index in [2.05, 4.69) is 15.3 Å². The van der Waals surface area contributed by atoms with Gasteiger partial charge in [-0.25, -0.2) is 4.98 Å². The third kappa shape index (κ3) is 3.73. The molecule has 2 aromatic carbocycles. The fourth-order valence-corrected chi connectivity index (χ4v) is 2.16. The first-order valence-corrected chi connectivity index (χ1v) is 7.36. The van der Waals surface area contributed by atoms with E-state index in [-0.39, 0.29) is 11.4 Å². The highest BCUT2D eigenvalue weighted by Gasteiger charge is 2.21. The largest absolute Gasteiger partial charge is 0.502 e. The predicted octanol–water partition coefficient (Wildman–Crippen LogP) is 3.14. The Morgan fingerprint density at radius 3 is 2.73 bits per heavy atom. The lowest BCUT2D eigenvalue weighted by molar-refractivity contribution is -0.385. The maximum absolute atomic E-state index is 12.3. The molecule has 1 aromatic heterocycles. The number of phenols is 1. The number of ether oxygens (including phenoxy) is 1. The smallest absolute Gasteiger partial charge is 0.311 e. The Bertz CT molecular complexity index is 962. The number of nitro groups is 1. The number of anilines is 1. The van der Waals surface area contributed by atoms with Crippen LogP contribution in [0.1, 0.15) is 10.4 Å². The number of benzene rings is 2. The van der Waals surface area contributed by atoms with Crippen LogP contribution in [-0.4, -0.2) is 25.9 Å². The van der Waals surface area contributed by atoms with Crippen molar-refractivity contribution in [1.82, 2.24) is 9.97 Å². The Kier molecular flexibility index (Phi) is 4.70. The SMILES string of the molecule is O=C(Nc1cccc(Oc2cnccn2)c1)c1cccc([N+](=O)[O-])c1O. The molecule has 130 valence electrons. The van der Waals surface area contributed by atoms with Crippen molar-refractivity contribution in [2.24, 2.45) is 0 Å². The van der Waals surface area contributed by atoms with Gasteiger partial charge in [-0.1, -0.05) is 12.1 Å². The number of rotatable bonds is 5. The first-order valence-electron chi connectivity index (χ1n) is 7.36. The van der Waals surface area contributed by atoms with Crippen LogP contribution in [0.5, 0.6) is 17.4 Å². The summed E-state index contributed by atoms with van der Waals surface area (Å²) in [5, 5.41) is 23.3. The third-order valence-electron chi connectivity index (χ3n) is 3.31. The zero-order chi connectivity index (χ0) is 18.5. The van der Waals surface area contributed by atoms with Crippen LogP contribution in [-0.2, 0) is 0 Å². The van der Waals surface area contributed by atoms with E-state index in [4.69, 9.17) is 4.74 Å². The zero-order valence-corrected chi connectivity index (χ0v) is 13.2. The summed E-state index contributed by atoms with van der Waals surface area (Å²) in [7, 11) is 0. The molecule has 0 atom stereocenters. The number of hydrogen-bond donors (Lipinski definition) is 2. The summed E-state index contributed by atoms with van der Waals surface area (Å²) in [5.41, 5.74) is -0.376. The van der Waals surface area contributed by atoms with Crippen LogP contribution in [0.25, 0.3) is 0 Å². The number of amides is 1. The molecule has 3 rings (SSSR count). The van der Waals surface area contributed by atoms with Gasteiger partial charge in [0.1, 0.15) is 5.75 Å². The maximum Gasteiger partial charge on any atom is 0.311 e. The number of carbonyl (C=O) groups is 1. The van der Waals surface area contributed by atoms with Crippen molar-refractivity contribution in [3.63, 3.8) is 0 Å². The van der Waals surface area contributed by atoms with Crippen LogP contribution >= 0.6 is 0 Å². The molecule has 0 spiro atoms. The first kappa shape index (κ1) is 16.8. The summed E-state index contributed by atoms with van der Waals surface area (Å²) in [6.07, 6.45) is 4.42. The third-order valence-corrected chi connectivity index (χ3v) is 3.31. The summed E-state index contributed by atoms with van der Waals surface area (Å²) >= 11 is 0. The molecule has 1 heterocycles. The minimum atomic E-state index is -0.762. The van der Waals surface area contributed by atoms with E-state index in [0.29, 0.717) is 11.4 Å². The molecule has 0 aliphatic carbocycles. The quantitative estimate of drug-likeness (QED) is 0.533. The molecule has 0 bridgehead atoms. The lowest BCUT2D eigenvalue weighted by Crippen LogP contribution is -2.12. The molecular formula is C17H12N4O5. The second-order valence-corrected chi connectivity index (χ2v) is 5.06. The van der Waals surface area contributed by atoms with Crippen molar-refractivity contribution < 1.29 is 19.6 Å². The van der Waals surface area contributed by atoms with Crippen LogP contribution < -0.4 is 10.1 Å². The highest BCUT2D eigenvalue weighted by atomic mass is 16.6. The van der Waals surface area contributed by atoms with Crippen LogP contribution in [0.3, 0.4) is 0 Å². The molecule has 0 aliphatic heterocycles. The van der Waals surface area contributed by atoms with Crippen molar-refractivity contribution in [3.05, 3.63) is 76.7 Å². The minimum absolute atomic E-state index is 0.209. The molecular weight excluding hydrogens is 340 g/mol. The topological polar surface area (TPSA) is 127 Å². The van der Waals surface area contributed by atoms with Crippen molar-refractivity contribution in [2.75, 3.05) is 5.32 Å². The number of carbonyl (C=O) groups excluding carboxylic acids is 1. The van der Waals surface area contributed by atoms with Crippen molar-refractivity contribution >= 4 is 17.3 Å². The Labute approximate surface area is 147 Å². The molecule has 26 heavy (non-hydrogen) atoms. The number of phenolic OH excluding ortho intramolecular Hbond substituents is 1. The minimum Gasteiger partial charge on any atom is -0.502 e. The number of para-hydroxylation sites is 1. The van der Waals surface area contributed by atoms with Gasteiger partial charge >= 0.3 is 5.69 Å². The number of nitrogens with one attached hydrogen (secondary N) is 1. The van der Waals surface area contributed by atoms with Gasteiger partial charge in [0.25, 0.3) is 5.91 Å². The molecule has 9 nitrogen and oxygen atoms in total. The molecule has 3 aromatic rings. The molecule has 0 saturated carbocycles. The van der Waals surface area contributed by atoms with Gasteiger partial charge in [0, 0.05) is 30.2 Å². The number of aromatic hydroxyl groups is 1. The van der Waals surface area contributed by atoms with Gasteiger partial charge in [-0.3, -0.25) is 19.9 Å². The Morgan fingerprint density at radius 2 is 2.00 bits per heavy atom. The van der Waals surface area contributed by atoms with Gasteiger partial charge in [0.05, 0.1) is 16.7 Å². The number of hydrogen-bond acceptors (Lipinski definition) is 7. The summed E-state index contributed by atoms with van der Waals surface area (Å²) in [4.78, 5) is 30.3. The summed E-state index contributed by atoms with van der Waals surface area (Å²) in [5.74, 6) is -0.691. The highest BCUT2D eigenvalue weighted by molar-refractivity contribution is 6.06. The molecule has 0 saturated heterocycles. The number of nitro benzene ring substituents is 1. The average Bonchev–Trinajstić information content (AvgIpc) is 2.62. The van der Waals surface area contributed by atoms with Crippen LogP contribution in [0, 0.1) is 10.1 Å². The first-order chi connectivity index (χ1) is 12.5. The lowest BCUT2D eigenvalue weighted by Gasteiger charge is -2.09. The molecule has 0 fully saturated rings. The Hall–Kier alpha value is -4.01. The lowest BCUT2D eigenvalue weighted by atomic mass is 10.1. The van der Waals surface area contributed by atoms with Crippen molar-refractivity contribution in [2.45, 2.75) is 0 Å². The zero-order valence-electron chi connectivity index (χ0n) is 13.2.